The highest BCUT2D eigenvalue weighted by Gasteiger charge is 2.32. The van der Waals surface area contributed by atoms with Gasteiger partial charge in [-0.15, -0.1) is 0 Å². The number of thiazole rings is 1. The number of fused-ring (bicyclic) bond motifs is 3. The highest BCUT2D eigenvalue weighted by molar-refractivity contribution is 9.10. The third-order valence-electron chi connectivity index (χ3n) is 6.16. The molecule has 1 atom stereocenters. The minimum Gasteiger partial charge on any atom is -0.272 e. The molecule has 0 fully saturated rings. The van der Waals surface area contributed by atoms with Crippen LogP contribution in [0.1, 0.15) is 34.7 Å². The van der Waals surface area contributed by atoms with Crippen molar-refractivity contribution in [3.05, 3.63) is 131 Å². The Morgan fingerprint density at radius 1 is 0.938 bits per heavy atom. The smallest absolute Gasteiger partial charge is 0.271 e. The van der Waals surface area contributed by atoms with Crippen molar-refractivity contribution in [3.63, 3.8) is 0 Å². The van der Waals surface area contributed by atoms with Gasteiger partial charge in [0.15, 0.2) is 4.80 Å². The van der Waals surface area contributed by atoms with Gasteiger partial charge in [0.2, 0.25) is 0 Å². The van der Waals surface area contributed by atoms with Crippen molar-refractivity contribution in [3.8, 4) is 0 Å². The van der Waals surface area contributed by atoms with E-state index in [2.05, 4.69) is 52.3 Å². The summed E-state index contributed by atoms with van der Waals surface area (Å²) in [6.07, 6.45) is 3.85. The van der Waals surface area contributed by atoms with Crippen LogP contribution in [0.4, 0.5) is 0 Å². The van der Waals surface area contributed by atoms with E-state index < -0.39 is 0 Å². The summed E-state index contributed by atoms with van der Waals surface area (Å²) >= 11 is 4.95. The Morgan fingerprint density at radius 2 is 1.69 bits per heavy atom. The lowest BCUT2D eigenvalue weighted by Crippen LogP contribution is -2.38. The second kappa shape index (κ2) is 7.84. The van der Waals surface area contributed by atoms with Crippen LogP contribution >= 0.6 is 27.3 Å². The first kappa shape index (κ1) is 19.6. The quantitative estimate of drug-likeness (QED) is 0.379. The van der Waals surface area contributed by atoms with E-state index in [1.807, 2.05) is 53.1 Å². The molecule has 1 aliphatic carbocycles. The van der Waals surface area contributed by atoms with E-state index in [0.29, 0.717) is 4.53 Å². The molecule has 4 aromatic rings. The minimum atomic E-state index is -0.122. The molecule has 0 N–H and O–H groups in total. The maximum Gasteiger partial charge on any atom is 0.271 e. The monoisotopic (exact) mass is 498 g/mol. The predicted molar refractivity (Wildman–Crippen MR) is 133 cm³/mol. The molecule has 2 aliphatic rings. The zero-order valence-corrected chi connectivity index (χ0v) is 19.6. The van der Waals surface area contributed by atoms with E-state index in [1.54, 1.807) is 0 Å². The molecule has 0 saturated heterocycles. The summed E-state index contributed by atoms with van der Waals surface area (Å²) in [4.78, 5) is 19.5. The number of nitrogens with zero attached hydrogens (tertiary/aromatic N) is 2. The molecule has 1 aliphatic heterocycles. The van der Waals surface area contributed by atoms with Crippen molar-refractivity contribution in [1.82, 2.24) is 4.57 Å². The average Bonchev–Trinajstić information content (AvgIpc) is 3.14. The van der Waals surface area contributed by atoms with Gasteiger partial charge in [0.25, 0.3) is 5.56 Å². The highest BCUT2D eigenvalue weighted by atomic mass is 79.9. The molecule has 0 radical (unpaired) electrons. The number of hydrogen-bond acceptors (Lipinski definition) is 3. The number of benzene rings is 3. The Balaban J connectivity index is 1.62. The lowest BCUT2D eigenvalue weighted by atomic mass is 9.83. The molecule has 0 spiro atoms. The summed E-state index contributed by atoms with van der Waals surface area (Å²) in [6, 6.07) is 26.7. The number of aromatic nitrogens is 1. The predicted octanol–water partition coefficient (Wildman–Crippen LogP) is 5.08. The first-order chi connectivity index (χ1) is 15.7. The number of allylic oxidation sites excluding steroid dienone is 1. The molecule has 156 valence electrons. The van der Waals surface area contributed by atoms with Crippen LogP contribution < -0.4 is 14.9 Å². The van der Waals surface area contributed by atoms with E-state index in [1.165, 1.54) is 28.0 Å². The Bertz CT molecular complexity index is 1550. The number of halogens is 1. The van der Waals surface area contributed by atoms with Crippen molar-refractivity contribution in [2.75, 3.05) is 0 Å². The van der Waals surface area contributed by atoms with Gasteiger partial charge in [-0.1, -0.05) is 94.0 Å². The van der Waals surface area contributed by atoms with Gasteiger partial charge in [0.1, 0.15) is 0 Å². The fraction of sp³-hybridized carbons (Fsp3) is 0.111. The standard InChI is InChI=1S/C27H19BrN2OS/c28-20-13-10-17(11-14-20)16-23-26(31)30-25(19-7-2-1-3-8-19)22-15-12-18-6-4-5-9-21(18)24(22)29-27(30)32-23/h1-11,13-14,16,25H,12,15H2. The second-order valence-electron chi connectivity index (χ2n) is 8.08. The van der Waals surface area contributed by atoms with Crippen LogP contribution in [0.2, 0.25) is 0 Å². The third kappa shape index (κ3) is 3.24. The van der Waals surface area contributed by atoms with Crippen molar-refractivity contribution in [1.29, 1.82) is 0 Å². The van der Waals surface area contributed by atoms with Crippen LogP contribution in [0.25, 0.3) is 11.8 Å². The van der Waals surface area contributed by atoms with Crippen LogP contribution in [0, 0.1) is 0 Å². The lowest BCUT2D eigenvalue weighted by Gasteiger charge is -2.30. The largest absolute Gasteiger partial charge is 0.272 e. The van der Waals surface area contributed by atoms with Gasteiger partial charge >= 0.3 is 0 Å². The maximum absolute atomic E-state index is 13.6. The summed E-state index contributed by atoms with van der Waals surface area (Å²) in [5.74, 6) is 0. The Labute approximate surface area is 197 Å². The number of rotatable bonds is 2. The molecule has 0 amide bonds. The van der Waals surface area contributed by atoms with E-state index in [4.69, 9.17) is 4.99 Å². The number of aryl methyl sites for hydroxylation is 1. The van der Waals surface area contributed by atoms with Crippen molar-refractivity contribution < 1.29 is 0 Å². The second-order valence-corrected chi connectivity index (χ2v) is 10.0. The van der Waals surface area contributed by atoms with Gasteiger partial charge in [0, 0.05) is 10.0 Å². The Morgan fingerprint density at radius 3 is 2.50 bits per heavy atom. The van der Waals surface area contributed by atoms with Crippen molar-refractivity contribution in [2.24, 2.45) is 4.99 Å². The van der Waals surface area contributed by atoms with Gasteiger partial charge in [-0.3, -0.25) is 9.36 Å². The SMILES string of the molecule is O=c1c(=Cc2ccc(Br)cc2)sc2n1C(c1ccccc1)C1=C(N=2)c2ccccc2CC1. The van der Waals surface area contributed by atoms with Gasteiger partial charge in [0.05, 0.1) is 16.3 Å². The molecular weight excluding hydrogens is 480 g/mol. The van der Waals surface area contributed by atoms with Crippen LogP contribution in [-0.4, -0.2) is 4.57 Å². The molecule has 1 aromatic heterocycles. The van der Waals surface area contributed by atoms with E-state index in [9.17, 15) is 4.79 Å². The topological polar surface area (TPSA) is 34.4 Å². The fourth-order valence-electron chi connectivity index (χ4n) is 4.67. The Hall–Kier alpha value is -3.02. The minimum absolute atomic E-state index is 0.0240. The average molecular weight is 499 g/mol. The highest BCUT2D eigenvalue weighted by Crippen LogP contribution is 2.41. The molecule has 2 heterocycles. The maximum atomic E-state index is 13.6. The summed E-state index contributed by atoms with van der Waals surface area (Å²) in [7, 11) is 0. The van der Waals surface area contributed by atoms with Crippen LogP contribution in [-0.2, 0) is 6.42 Å². The third-order valence-corrected chi connectivity index (χ3v) is 7.67. The van der Waals surface area contributed by atoms with Crippen LogP contribution in [0.3, 0.4) is 0 Å². The zero-order valence-electron chi connectivity index (χ0n) is 17.2. The summed E-state index contributed by atoms with van der Waals surface area (Å²) in [5.41, 5.74) is 6.95. The van der Waals surface area contributed by atoms with Gasteiger partial charge < -0.3 is 0 Å². The Kier molecular flexibility index (Phi) is 4.81. The van der Waals surface area contributed by atoms with E-state index >= 15 is 0 Å². The van der Waals surface area contributed by atoms with Crippen LogP contribution in [0.5, 0.6) is 0 Å². The van der Waals surface area contributed by atoms with E-state index in [0.717, 1.165) is 38.9 Å². The van der Waals surface area contributed by atoms with Crippen molar-refractivity contribution >= 4 is 39.0 Å². The molecule has 3 aromatic carbocycles. The molecule has 3 nitrogen and oxygen atoms in total. The van der Waals surface area contributed by atoms with Crippen LogP contribution in [0.15, 0.2) is 98.7 Å². The summed E-state index contributed by atoms with van der Waals surface area (Å²) in [5, 5.41) is 0. The molecule has 1 unspecified atom stereocenters. The summed E-state index contributed by atoms with van der Waals surface area (Å²) in [6.45, 7) is 0. The molecule has 6 rings (SSSR count). The molecule has 32 heavy (non-hydrogen) atoms. The lowest BCUT2D eigenvalue weighted by molar-refractivity contribution is 0.585. The summed E-state index contributed by atoms with van der Waals surface area (Å²) < 4.78 is 3.63. The molecule has 0 saturated carbocycles. The van der Waals surface area contributed by atoms with Gasteiger partial charge in [-0.25, -0.2) is 4.99 Å². The first-order valence-electron chi connectivity index (χ1n) is 10.6. The fourth-order valence-corrected chi connectivity index (χ4v) is 5.93. The van der Waals surface area contributed by atoms with E-state index in [-0.39, 0.29) is 11.6 Å². The molecule has 0 bridgehead atoms. The zero-order chi connectivity index (χ0) is 21.7. The normalized spacial score (nSPS) is 17.4. The first-order valence-corrected chi connectivity index (χ1v) is 12.2. The molecular formula is C27H19BrN2OS. The number of hydrogen-bond donors (Lipinski definition) is 0. The van der Waals surface area contributed by atoms with Gasteiger partial charge in [-0.05, 0) is 53.3 Å². The van der Waals surface area contributed by atoms with Crippen molar-refractivity contribution in [2.45, 2.75) is 18.9 Å². The van der Waals surface area contributed by atoms with Gasteiger partial charge in [-0.2, -0.15) is 0 Å². The molecule has 5 heteroatoms.